The lowest BCUT2D eigenvalue weighted by Gasteiger charge is -2.17. The van der Waals surface area contributed by atoms with Gasteiger partial charge < -0.3 is 15.3 Å². The molecule has 23 heavy (non-hydrogen) atoms. The minimum Gasteiger partial charge on any atom is -0.480 e. The molecule has 0 bridgehead atoms. The molecule has 0 aromatic heterocycles. The van der Waals surface area contributed by atoms with Gasteiger partial charge in [0.05, 0.1) is 10.8 Å². The fourth-order valence-corrected chi connectivity index (χ4v) is 2.82. The number of anilines is 1. The third-order valence-corrected chi connectivity index (χ3v) is 4.28. The summed E-state index contributed by atoms with van der Waals surface area (Å²) in [5.74, 6) is -2.77. The smallest absolute Gasteiger partial charge is 0.322 e. The molecule has 2 amide bonds. The van der Waals surface area contributed by atoms with E-state index in [1.165, 1.54) is 29.2 Å². The van der Waals surface area contributed by atoms with Crippen LogP contribution in [0.5, 0.6) is 0 Å². The van der Waals surface area contributed by atoms with Crippen LogP contribution in [0.25, 0.3) is 0 Å². The highest BCUT2D eigenvalue weighted by molar-refractivity contribution is 7.89. The van der Waals surface area contributed by atoms with Gasteiger partial charge in [-0.2, -0.15) is 0 Å². The van der Waals surface area contributed by atoms with Crippen molar-refractivity contribution >= 4 is 33.5 Å². The van der Waals surface area contributed by atoms with Crippen molar-refractivity contribution in [2.75, 3.05) is 18.0 Å². The third-order valence-electron chi connectivity index (χ3n) is 3.37. The molecule has 0 radical (unpaired) electrons. The van der Waals surface area contributed by atoms with Crippen LogP contribution in [-0.4, -0.2) is 44.4 Å². The number of benzene rings is 1. The lowest BCUT2D eigenvalue weighted by molar-refractivity contribution is -0.138. The molecule has 0 saturated carbocycles. The number of aliphatic carboxylic acids is 1. The number of carboxylic acid groups (broad SMARTS) is 1. The molecule has 9 nitrogen and oxygen atoms in total. The van der Waals surface area contributed by atoms with E-state index >= 15 is 0 Å². The molecule has 0 aliphatic carbocycles. The average molecular weight is 341 g/mol. The van der Waals surface area contributed by atoms with Crippen molar-refractivity contribution in [3.63, 3.8) is 0 Å². The summed E-state index contributed by atoms with van der Waals surface area (Å²) in [6.45, 7) is -0.483. The third kappa shape index (κ3) is 4.05. The number of nitrogens with two attached hydrogens (primary N) is 1. The van der Waals surface area contributed by atoms with Gasteiger partial charge in [0.25, 0.3) is 0 Å². The molecule has 0 spiro atoms. The van der Waals surface area contributed by atoms with Crippen LogP contribution in [-0.2, 0) is 24.4 Å². The normalized spacial score (nSPS) is 18.0. The Morgan fingerprint density at radius 1 is 1.39 bits per heavy atom. The van der Waals surface area contributed by atoms with Crippen LogP contribution in [0.15, 0.2) is 29.2 Å². The van der Waals surface area contributed by atoms with E-state index in [9.17, 15) is 22.8 Å². The first kappa shape index (κ1) is 16.9. The van der Waals surface area contributed by atoms with Crippen LogP contribution >= 0.6 is 0 Å². The van der Waals surface area contributed by atoms with Gasteiger partial charge >= 0.3 is 5.97 Å². The maximum atomic E-state index is 12.0. The second kappa shape index (κ2) is 6.34. The Morgan fingerprint density at radius 2 is 2.09 bits per heavy atom. The summed E-state index contributed by atoms with van der Waals surface area (Å²) in [7, 11) is -3.90. The molecule has 1 heterocycles. The summed E-state index contributed by atoms with van der Waals surface area (Å²) >= 11 is 0. The van der Waals surface area contributed by atoms with E-state index < -0.39 is 34.4 Å². The minimum atomic E-state index is -3.90. The molecule has 1 aromatic carbocycles. The molecule has 1 atom stereocenters. The van der Waals surface area contributed by atoms with Crippen LogP contribution in [0, 0.1) is 5.92 Å². The molecular weight excluding hydrogens is 326 g/mol. The van der Waals surface area contributed by atoms with Crippen molar-refractivity contribution < 1.29 is 27.9 Å². The quantitative estimate of drug-likeness (QED) is 0.618. The fourth-order valence-electron chi connectivity index (χ4n) is 2.27. The number of carboxylic acids is 1. The van der Waals surface area contributed by atoms with Gasteiger partial charge in [-0.25, -0.2) is 13.6 Å². The SMILES string of the molecule is NS(=O)(=O)c1cccc(N2CC(C(=O)NCC(=O)O)CC2=O)c1. The lowest BCUT2D eigenvalue weighted by Crippen LogP contribution is -2.36. The molecule has 1 aliphatic rings. The summed E-state index contributed by atoms with van der Waals surface area (Å²) in [5.41, 5.74) is 0.315. The van der Waals surface area contributed by atoms with Gasteiger partial charge in [0.1, 0.15) is 6.54 Å². The molecule has 1 aromatic rings. The van der Waals surface area contributed by atoms with Gasteiger partial charge in [-0.1, -0.05) is 6.07 Å². The van der Waals surface area contributed by atoms with E-state index in [0.29, 0.717) is 5.69 Å². The zero-order chi connectivity index (χ0) is 17.2. The maximum Gasteiger partial charge on any atom is 0.322 e. The standard InChI is InChI=1S/C13H15N3O6S/c14-23(21,22)10-3-1-2-9(5-10)16-7-8(4-11(16)17)13(20)15-6-12(18)19/h1-3,5,8H,4,6-7H2,(H,15,20)(H,18,19)(H2,14,21,22). The van der Waals surface area contributed by atoms with Gasteiger partial charge in [-0.3, -0.25) is 14.4 Å². The summed E-state index contributed by atoms with van der Waals surface area (Å²) in [6, 6.07) is 5.53. The molecule has 1 aliphatic heterocycles. The van der Waals surface area contributed by atoms with Gasteiger partial charge in [0, 0.05) is 18.7 Å². The Morgan fingerprint density at radius 3 is 2.70 bits per heavy atom. The predicted octanol–water partition coefficient (Wildman–Crippen LogP) is -1.11. The Bertz CT molecular complexity index is 761. The number of carbonyl (C=O) groups excluding carboxylic acids is 2. The number of primary sulfonamides is 1. The summed E-state index contributed by atoms with van der Waals surface area (Å²) in [5, 5.41) is 15.8. The Kier molecular flexibility index (Phi) is 4.66. The van der Waals surface area contributed by atoms with Crippen LogP contribution in [0.1, 0.15) is 6.42 Å². The molecular formula is C13H15N3O6S. The number of nitrogens with one attached hydrogen (secondary N) is 1. The second-order valence-corrected chi connectivity index (χ2v) is 6.62. The first-order chi connectivity index (χ1) is 10.7. The highest BCUT2D eigenvalue weighted by Gasteiger charge is 2.35. The van der Waals surface area contributed by atoms with Gasteiger partial charge in [0.15, 0.2) is 0 Å². The first-order valence-corrected chi connectivity index (χ1v) is 8.16. The summed E-state index contributed by atoms with van der Waals surface area (Å²) in [4.78, 5) is 35.4. The van der Waals surface area contributed by atoms with E-state index in [-0.39, 0.29) is 23.8 Å². The number of rotatable bonds is 5. The highest BCUT2D eigenvalue weighted by Crippen LogP contribution is 2.26. The monoisotopic (exact) mass is 341 g/mol. The molecule has 10 heteroatoms. The number of hydrogen-bond acceptors (Lipinski definition) is 5. The molecule has 2 rings (SSSR count). The number of amides is 2. The Hall–Kier alpha value is -2.46. The number of nitrogens with zero attached hydrogens (tertiary/aromatic N) is 1. The van der Waals surface area contributed by atoms with Crippen molar-refractivity contribution in [2.45, 2.75) is 11.3 Å². The van der Waals surface area contributed by atoms with E-state index in [2.05, 4.69) is 5.32 Å². The summed E-state index contributed by atoms with van der Waals surface area (Å²) < 4.78 is 22.7. The van der Waals surface area contributed by atoms with Crippen molar-refractivity contribution in [1.29, 1.82) is 0 Å². The van der Waals surface area contributed by atoms with E-state index in [4.69, 9.17) is 10.2 Å². The number of carbonyl (C=O) groups is 3. The largest absolute Gasteiger partial charge is 0.480 e. The zero-order valence-corrected chi connectivity index (χ0v) is 12.7. The second-order valence-electron chi connectivity index (χ2n) is 5.06. The maximum absolute atomic E-state index is 12.0. The van der Waals surface area contributed by atoms with E-state index in [1.807, 2.05) is 0 Å². The topological polar surface area (TPSA) is 147 Å². The van der Waals surface area contributed by atoms with Crippen LogP contribution in [0.2, 0.25) is 0 Å². The van der Waals surface area contributed by atoms with Crippen molar-refractivity contribution in [3.8, 4) is 0 Å². The van der Waals surface area contributed by atoms with Gasteiger partial charge in [-0.15, -0.1) is 0 Å². The van der Waals surface area contributed by atoms with E-state index in [0.717, 1.165) is 0 Å². The molecule has 1 fully saturated rings. The van der Waals surface area contributed by atoms with Crippen molar-refractivity contribution in [2.24, 2.45) is 11.1 Å². The average Bonchev–Trinajstić information content (AvgIpc) is 2.86. The number of sulfonamides is 1. The fraction of sp³-hybridized carbons (Fsp3) is 0.308. The lowest BCUT2D eigenvalue weighted by atomic mass is 10.1. The molecule has 1 unspecified atom stereocenters. The molecule has 124 valence electrons. The van der Waals surface area contributed by atoms with Crippen LogP contribution < -0.4 is 15.4 Å². The Labute approximate surface area is 132 Å². The van der Waals surface area contributed by atoms with Gasteiger partial charge in [0.2, 0.25) is 21.8 Å². The van der Waals surface area contributed by atoms with Crippen molar-refractivity contribution in [1.82, 2.24) is 5.32 Å². The van der Waals surface area contributed by atoms with Gasteiger partial charge in [-0.05, 0) is 18.2 Å². The summed E-state index contributed by atoms with van der Waals surface area (Å²) in [6.07, 6.45) is -0.0783. The van der Waals surface area contributed by atoms with Crippen molar-refractivity contribution in [3.05, 3.63) is 24.3 Å². The molecule has 4 N–H and O–H groups in total. The van der Waals surface area contributed by atoms with E-state index in [1.54, 1.807) is 0 Å². The highest BCUT2D eigenvalue weighted by atomic mass is 32.2. The molecule has 1 saturated heterocycles. The van der Waals surface area contributed by atoms with Crippen LogP contribution in [0.4, 0.5) is 5.69 Å². The number of hydrogen-bond donors (Lipinski definition) is 3. The minimum absolute atomic E-state index is 0.0400. The first-order valence-electron chi connectivity index (χ1n) is 6.61. The Balaban J connectivity index is 2.15. The van der Waals surface area contributed by atoms with Crippen LogP contribution in [0.3, 0.4) is 0 Å². The zero-order valence-electron chi connectivity index (χ0n) is 11.9. The predicted molar refractivity (Wildman–Crippen MR) is 78.9 cm³/mol.